The Bertz CT molecular complexity index is 477. The summed E-state index contributed by atoms with van der Waals surface area (Å²) in [4.78, 5) is 23.0. The Morgan fingerprint density at radius 1 is 1.37 bits per heavy atom. The molecular weight excluding hydrogens is 251 g/mol. The molecule has 104 valence electrons. The molecule has 1 rings (SSSR count). The second-order valence-electron chi connectivity index (χ2n) is 4.36. The smallest absolute Gasteiger partial charge is 0.313 e. The van der Waals surface area contributed by atoms with Gasteiger partial charge in [-0.05, 0) is 25.0 Å². The first-order valence-corrected chi connectivity index (χ1v) is 5.90. The maximum Gasteiger partial charge on any atom is 0.313 e. The van der Waals surface area contributed by atoms with Crippen LogP contribution in [0.3, 0.4) is 0 Å². The minimum atomic E-state index is -0.862. The highest BCUT2D eigenvalue weighted by molar-refractivity contribution is 6.39. The third-order valence-corrected chi connectivity index (χ3v) is 2.64. The fourth-order valence-corrected chi connectivity index (χ4v) is 1.33. The number of carbonyl (C=O) groups is 2. The molecule has 0 aliphatic heterocycles. The van der Waals surface area contributed by atoms with E-state index < -0.39 is 17.6 Å². The highest BCUT2D eigenvalue weighted by Crippen LogP contribution is 2.17. The van der Waals surface area contributed by atoms with Crippen molar-refractivity contribution in [2.45, 2.75) is 13.8 Å². The Balaban J connectivity index is 2.59. The lowest BCUT2D eigenvalue weighted by Crippen LogP contribution is -2.38. The number of nitrogens with one attached hydrogen (secondary N) is 2. The molecule has 5 nitrogen and oxygen atoms in total. The largest absolute Gasteiger partial charge is 0.396 e. The predicted molar refractivity (Wildman–Crippen MR) is 69.0 cm³/mol. The first kappa shape index (κ1) is 15.1. The van der Waals surface area contributed by atoms with Crippen LogP contribution in [0.2, 0.25) is 0 Å². The van der Waals surface area contributed by atoms with Crippen molar-refractivity contribution in [2.24, 2.45) is 5.92 Å². The number of anilines is 1. The summed E-state index contributed by atoms with van der Waals surface area (Å²) in [5.74, 6) is -2.26. The summed E-state index contributed by atoms with van der Waals surface area (Å²) in [5, 5.41) is 13.5. The summed E-state index contributed by atoms with van der Waals surface area (Å²) < 4.78 is 13.3. The minimum Gasteiger partial charge on any atom is -0.396 e. The number of benzene rings is 1. The Morgan fingerprint density at radius 2 is 2.05 bits per heavy atom. The molecule has 0 fully saturated rings. The predicted octanol–water partition coefficient (Wildman–Crippen LogP) is 0.817. The van der Waals surface area contributed by atoms with E-state index in [1.165, 1.54) is 25.1 Å². The third kappa shape index (κ3) is 4.33. The van der Waals surface area contributed by atoms with Crippen LogP contribution in [0.25, 0.3) is 0 Å². The average molecular weight is 268 g/mol. The zero-order valence-electron chi connectivity index (χ0n) is 10.9. The van der Waals surface area contributed by atoms with Crippen LogP contribution < -0.4 is 10.6 Å². The van der Waals surface area contributed by atoms with Crippen LogP contribution in [0.15, 0.2) is 18.2 Å². The van der Waals surface area contributed by atoms with Crippen LogP contribution in [-0.2, 0) is 9.59 Å². The Kier molecular flexibility index (Phi) is 5.44. The fraction of sp³-hybridized carbons (Fsp3) is 0.385. The second-order valence-corrected chi connectivity index (χ2v) is 4.36. The Labute approximate surface area is 110 Å². The summed E-state index contributed by atoms with van der Waals surface area (Å²) >= 11 is 0. The van der Waals surface area contributed by atoms with E-state index in [-0.39, 0.29) is 30.3 Å². The first-order valence-electron chi connectivity index (χ1n) is 5.90. The molecule has 0 saturated carbocycles. The summed E-state index contributed by atoms with van der Waals surface area (Å²) in [7, 11) is 0. The van der Waals surface area contributed by atoms with Crippen LogP contribution in [0.1, 0.15) is 12.5 Å². The third-order valence-electron chi connectivity index (χ3n) is 2.64. The molecule has 0 saturated heterocycles. The number of amides is 2. The van der Waals surface area contributed by atoms with Gasteiger partial charge in [-0.1, -0.05) is 13.0 Å². The van der Waals surface area contributed by atoms with Gasteiger partial charge in [-0.25, -0.2) is 4.39 Å². The monoisotopic (exact) mass is 268 g/mol. The average Bonchev–Trinajstić information content (AvgIpc) is 2.40. The number of hydrogen-bond acceptors (Lipinski definition) is 3. The lowest BCUT2D eigenvalue weighted by atomic mass is 10.2. The lowest BCUT2D eigenvalue weighted by Gasteiger charge is -2.11. The van der Waals surface area contributed by atoms with Crippen molar-refractivity contribution in [1.82, 2.24) is 5.32 Å². The van der Waals surface area contributed by atoms with Crippen LogP contribution in [0.5, 0.6) is 0 Å². The maximum absolute atomic E-state index is 13.3. The number of halogens is 1. The van der Waals surface area contributed by atoms with Crippen molar-refractivity contribution in [3.63, 3.8) is 0 Å². The molecule has 0 aromatic heterocycles. The molecule has 1 atom stereocenters. The van der Waals surface area contributed by atoms with Crippen molar-refractivity contribution in [3.05, 3.63) is 29.6 Å². The van der Waals surface area contributed by atoms with Gasteiger partial charge in [0.2, 0.25) is 0 Å². The molecule has 3 N–H and O–H groups in total. The standard InChI is InChI=1S/C13H17FN2O3/c1-8(7-17)6-15-12(18)13(19)16-11-5-3-4-10(14)9(11)2/h3-5,8,17H,6-7H2,1-2H3,(H,15,18)(H,16,19). The van der Waals surface area contributed by atoms with Gasteiger partial charge < -0.3 is 15.7 Å². The fourth-order valence-electron chi connectivity index (χ4n) is 1.33. The molecule has 1 aromatic carbocycles. The van der Waals surface area contributed by atoms with E-state index in [2.05, 4.69) is 10.6 Å². The van der Waals surface area contributed by atoms with Crippen LogP contribution in [0, 0.1) is 18.7 Å². The lowest BCUT2D eigenvalue weighted by molar-refractivity contribution is -0.136. The zero-order valence-corrected chi connectivity index (χ0v) is 10.9. The maximum atomic E-state index is 13.3. The number of rotatable bonds is 4. The van der Waals surface area contributed by atoms with Gasteiger partial charge in [0.25, 0.3) is 0 Å². The molecule has 0 radical (unpaired) electrons. The highest BCUT2D eigenvalue weighted by atomic mass is 19.1. The first-order chi connectivity index (χ1) is 8.95. The quantitative estimate of drug-likeness (QED) is 0.707. The molecule has 2 amide bonds. The normalized spacial score (nSPS) is 11.8. The second kappa shape index (κ2) is 6.84. The van der Waals surface area contributed by atoms with E-state index in [4.69, 9.17) is 5.11 Å². The number of carbonyl (C=O) groups excluding carboxylic acids is 2. The van der Waals surface area contributed by atoms with E-state index >= 15 is 0 Å². The summed E-state index contributed by atoms with van der Waals surface area (Å²) in [5.41, 5.74) is 0.530. The van der Waals surface area contributed by atoms with Gasteiger partial charge >= 0.3 is 11.8 Å². The van der Waals surface area contributed by atoms with Crippen molar-refractivity contribution < 1.29 is 19.1 Å². The molecule has 19 heavy (non-hydrogen) atoms. The molecule has 1 unspecified atom stereocenters. The van der Waals surface area contributed by atoms with E-state index in [0.29, 0.717) is 0 Å². The molecule has 0 aliphatic rings. The van der Waals surface area contributed by atoms with Crippen LogP contribution in [0.4, 0.5) is 10.1 Å². The molecule has 0 bridgehead atoms. The van der Waals surface area contributed by atoms with Gasteiger partial charge in [0, 0.05) is 24.4 Å². The van der Waals surface area contributed by atoms with Gasteiger partial charge in [-0.15, -0.1) is 0 Å². The van der Waals surface area contributed by atoms with Crippen LogP contribution in [-0.4, -0.2) is 30.1 Å². The minimum absolute atomic E-state index is 0.0785. The van der Waals surface area contributed by atoms with Crippen molar-refractivity contribution in [1.29, 1.82) is 0 Å². The number of aliphatic hydroxyl groups excluding tert-OH is 1. The Morgan fingerprint density at radius 3 is 2.68 bits per heavy atom. The SMILES string of the molecule is Cc1c(F)cccc1NC(=O)C(=O)NCC(C)CO. The van der Waals surface area contributed by atoms with Gasteiger partial charge in [-0.3, -0.25) is 9.59 Å². The highest BCUT2D eigenvalue weighted by Gasteiger charge is 2.15. The molecule has 0 heterocycles. The van der Waals surface area contributed by atoms with Gasteiger partial charge in [0.1, 0.15) is 5.82 Å². The topological polar surface area (TPSA) is 78.4 Å². The molecule has 0 aliphatic carbocycles. The molecular formula is C13H17FN2O3. The van der Waals surface area contributed by atoms with E-state index in [0.717, 1.165) is 0 Å². The molecule has 0 spiro atoms. The van der Waals surface area contributed by atoms with Gasteiger partial charge in [0.05, 0.1) is 0 Å². The van der Waals surface area contributed by atoms with Crippen LogP contribution >= 0.6 is 0 Å². The van der Waals surface area contributed by atoms with E-state index in [9.17, 15) is 14.0 Å². The number of aliphatic hydroxyl groups is 1. The molecule has 6 heteroatoms. The Hall–Kier alpha value is -1.95. The summed E-state index contributed by atoms with van der Waals surface area (Å²) in [6.45, 7) is 3.36. The molecule has 1 aromatic rings. The summed E-state index contributed by atoms with van der Waals surface area (Å²) in [6.07, 6.45) is 0. The van der Waals surface area contributed by atoms with Crippen molar-refractivity contribution in [2.75, 3.05) is 18.5 Å². The zero-order chi connectivity index (χ0) is 14.4. The van der Waals surface area contributed by atoms with Crippen molar-refractivity contribution in [3.8, 4) is 0 Å². The summed E-state index contributed by atoms with van der Waals surface area (Å²) in [6, 6.07) is 4.23. The van der Waals surface area contributed by atoms with Crippen molar-refractivity contribution >= 4 is 17.5 Å². The number of hydrogen-bond donors (Lipinski definition) is 3. The van der Waals surface area contributed by atoms with Gasteiger partial charge in [0.15, 0.2) is 0 Å². The van der Waals surface area contributed by atoms with E-state index in [1.54, 1.807) is 6.92 Å². The van der Waals surface area contributed by atoms with E-state index in [1.807, 2.05) is 0 Å². The van der Waals surface area contributed by atoms with Gasteiger partial charge in [-0.2, -0.15) is 0 Å².